The van der Waals surface area contributed by atoms with E-state index in [0.717, 1.165) is 75.0 Å². The lowest BCUT2D eigenvalue weighted by molar-refractivity contribution is -0.137. The van der Waals surface area contributed by atoms with Gasteiger partial charge in [-0.3, -0.25) is 0 Å². The van der Waals surface area contributed by atoms with Gasteiger partial charge in [0.2, 0.25) is 5.95 Å². The smallest absolute Gasteiger partial charge is 0.362 e. The maximum absolute atomic E-state index is 14.0. The van der Waals surface area contributed by atoms with E-state index in [4.69, 9.17) is 22.2 Å². The molecule has 0 bridgehead atoms. The topological polar surface area (TPSA) is 65.1 Å². The minimum atomic E-state index is -4.56. The van der Waals surface area contributed by atoms with Crippen molar-refractivity contribution in [2.45, 2.75) is 69.6 Å². The van der Waals surface area contributed by atoms with E-state index in [0.29, 0.717) is 12.0 Å². The van der Waals surface area contributed by atoms with E-state index in [9.17, 15) is 17.6 Å². The number of aryl methyl sites for hydroxylation is 1. The number of benzene rings is 1. The molecule has 2 aliphatic rings. The van der Waals surface area contributed by atoms with Gasteiger partial charge < -0.3 is 20.9 Å². The number of hydrogen-bond acceptors (Lipinski definition) is 5. The summed E-state index contributed by atoms with van der Waals surface area (Å²) in [6.45, 7) is 0. The van der Waals surface area contributed by atoms with Crippen LogP contribution < -0.4 is 20.9 Å². The number of nitrogens with zero attached hydrogens (tertiary/aromatic N) is 3. The fraction of sp³-hybridized carbons (Fsp3) is 0.542. The molecule has 0 amide bonds. The van der Waals surface area contributed by atoms with Gasteiger partial charge in [0.15, 0.2) is 5.11 Å². The molecule has 11 heteroatoms. The van der Waals surface area contributed by atoms with E-state index in [2.05, 4.69) is 16.0 Å². The highest BCUT2D eigenvalue weighted by molar-refractivity contribution is 7.80. The highest BCUT2D eigenvalue weighted by atomic mass is 32.1. The molecule has 3 N–H and O–H groups in total. The van der Waals surface area contributed by atoms with Crippen molar-refractivity contribution in [3.05, 3.63) is 40.8 Å². The molecule has 2 aromatic rings. The van der Waals surface area contributed by atoms with Crippen LogP contribution in [0.15, 0.2) is 18.2 Å². The van der Waals surface area contributed by atoms with Gasteiger partial charge >= 0.3 is 6.18 Å². The SMILES string of the molecule is CN(C)c1nc(NC2CCC(NC(=S)Nc3cc(C(F)(F)F)ccc3F)CC2)nc2c1CCCC2. The Bertz CT molecular complexity index is 1070. The lowest BCUT2D eigenvalue weighted by Gasteiger charge is -2.31. The zero-order chi connectivity index (χ0) is 25.2. The molecule has 1 aromatic carbocycles. The molecule has 6 nitrogen and oxygen atoms in total. The Hall–Kier alpha value is -2.69. The number of alkyl halides is 3. The van der Waals surface area contributed by atoms with Crippen LogP contribution in [0.1, 0.15) is 55.3 Å². The molecule has 4 rings (SSSR count). The van der Waals surface area contributed by atoms with Crippen molar-refractivity contribution >= 4 is 34.8 Å². The Morgan fingerprint density at radius 3 is 2.40 bits per heavy atom. The lowest BCUT2D eigenvalue weighted by Crippen LogP contribution is -2.42. The molecule has 1 heterocycles. The normalized spacial score (nSPS) is 20.1. The number of nitrogens with one attached hydrogen (secondary N) is 3. The van der Waals surface area contributed by atoms with Crippen LogP contribution in [-0.2, 0) is 19.0 Å². The predicted molar refractivity (Wildman–Crippen MR) is 133 cm³/mol. The van der Waals surface area contributed by atoms with Crippen LogP contribution in [0.25, 0.3) is 0 Å². The van der Waals surface area contributed by atoms with Crippen LogP contribution in [0, 0.1) is 5.82 Å². The molecule has 0 unspecified atom stereocenters. The fourth-order valence-electron chi connectivity index (χ4n) is 4.71. The number of rotatable bonds is 5. The fourth-order valence-corrected chi connectivity index (χ4v) is 4.99. The Labute approximate surface area is 207 Å². The standard InChI is InChI=1S/C24H30F4N6S/c1-34(2)21-17-5-3-4-6-19(17)31-22(33-21)29-15-8-10-16(11-9-15)30-23(35)32-20-13-14(24(26,27)28)7-12-18(20)25/h7,12-13,15-16H,3-6,8-11H2,1-2H3,(H,29,31,33)(H2,30,32,35). The second kappa shape index (κ2) is 10.5. The quantitative estimate of drug-likeness (QED) is 0.373. The number of thiocarbonyl (C=S) groups is 1. The summed E-state index contributed by atoms with van der Waals surface area (Å²) >= 11 is 5.23. The van der Waals surface area contributed by atoms with Gasteiger partial charge in [0.05, 0.1) is 16.9 Å². The summed E-state index contributed by atoms with van der Waals surface area (Å²) in [6, 6.07) is 2.48. The van der Waals surface area contributed by atoms with Gasteiger partial charge in [-0.05, 0) is 81.8 Å². The highest BCUT2D eigenvalue weighted by Crippen LogP contribution is 2.32. The first-order chi connectivity index (χ1) is 16.6. The summed E-state index contributed by atoms with van der Waals surface area (Å²) in [7, 11) is 4.00. The van der Waals surface area contributed by atoms with Crippen molar-refractivity contribution in [3.63, 3.8) is 0 Å². The first-order valence-electron chi connectivity index (χ1n) is 11.9. The number of anilines is 3. The molecule has 1 saturated carbocycles. The Balaban J connectivity index is 1.31. The Kier molecular flexibility index (Phi) is 7.63. The maximum atomic E-state index is 14.0. The second-order valence-corrected chi connectivity index (χ2v) is 9.79. The van der Waals surface area contributed by atoms with Gasteiger partial charge in [-0.2, -0.15) is 18.2 Å². The molecule has 1 aromatic heterocycles. The minimum absolute atomic E-state index is 0.0451. The highest BCUT2D eigenvalue weighted by Gasteiger charge is 2.31. The van der Waals surface area contributed by atoms with Gasteiger partial charge in [0.25, 0.3) is 0 Å². The molecule has 35 heavy (non-hydrogen) atoms. The van der Waals surface area contributed by atoms with Crippen LogP contribution in [0.3, 0.4) is 0 Å². The third-order valence-electron chi connectivity index (χ3n) is 6.52. The van der Waals surface area contributed by atoms with E-state index >= 15 is 0 Å². The monoisotopic (exact) mass is 510 g/mol. The van der Waals surface area contributed by atoms with Crippen molar-refractivity contribution in [1.29, 1.82) is 0 Å². The molecule has 2 aliphatic carbocycles. The predicted octanol–water partition coefficient (Wildman–Crippen LogP) is 5.29. The second-order valence-electron chi connectivity index (χ2n) is 9.38. The molecule has 190 valence electrons. The maximum Gasteiger partial charge on any atom is 0.416 e. The Morgan fingerprint density at radius 2 is 1.71 bits per heavy atom. The molecule has 0 radical (unpaired) electrons. The van der Waals surface area contributed by atoms with E-state index < -0.39 is 17.6 Å². The van der Waals surface area contributed by atoms with E-state index in [1.807, 2.05) is 19.0 Å². The summed E-state index contributed by atoms with van der Waals surface area (Å²) in [6.07, 6.45) is 3.06. The Morgan fingerprint density at radius 1 is 1.03 bits per heavy atom. The molecular formula is C24H30F4N6S. The summed E-state index contributed by atoms with van der Waals surface area (Å²) in [5.74, 6) is 0.839. The van der Waals surface area contributed by atoms with Gasteiger partial charge in [-0.1, -0.05) is 0 Å². The summed E-state index contributed by atoms with van der Waals surface area (Å²) in [5, 5.41) is 9.27. The molecule has 0 atom stereocenters. The third kappa shape index (κ3) is 6.31. The zero-order valence-electron chi connectivity index (χ0n) is 19.8. The van der Waals surface area contributed by atoms with Gasteiger partial charge in [-0.25, -0.2) is 9.37 Å². The largest absolute Gasteiger partial charge is 0.416 e. The van der Waals surface area contributed by atoms with Crippen LogP contribution in [-0.4, -0.2) is 41.3 Å². The molecule has 1 fully saturated rings. The van der Waals surface area contributed by atoms with Crippen LogP contribution in [0.5, 0.6) is 0 Å². The van der Waals surface area contributed by atoms with E-state index in [-0.39, 0.29) is 22.9 Å². The van der Waals surface area contributed by atoms with Crippen molar-refractivity contribution < 1.29 is 17.6 Å². The van der Waals surface area contributed by atoms with Gasteiger partial charge in [0.1, 0.15) is 11.6 Å². The summed E-state index contributed by atoms with van der Waals surface area (Å²) in [4.78, 5) is 11.6. The van der Waals surface area contributed by atoms with Crippen molar-refractivity contribution in [1.82, 2.24) is 15.3 Å². The number of aromatic nitrogens is 2. The number of halogens is 4. The van der Waals surface area contributed by atoms with Crippen LogP contribution in [0.4, 0.5) is 35.0 Å². The van der Waals surface area contributed by atoms with Gasteiger partial charge in [0, 0.05) is 31.7 Å². The van der Waals surface area contributed by atoms with E-state index in [1.54, 1.807) is 0 Å². The zero-order valence-corrected chi connectivity index (χ0v) is 20.6. The molecule has 0 saturated heterocycles. The van der Waals surface area contributed by atoms with Crippen molar-refractivity contribution in [3.8, 4) is 0 Å². The first kappa shape index (κ1) is 25.4. The summed E-state index contributed by atoms with van der Waals surface area (Å²) in [5.41, 5.74) is 1.15. The number of fused-ring (bicyclic) bond motifs is 1. The van der Waals surface area contributed by atoms with Crippen LogP contribution in [0.2, 0.25) is 0 Å². The minimum Gasteiger partial charge on any atom is -0.362 e. The first-order valence-corrected chi connectivity index (χ1v) is 12.3. The van der Waals surface area contributed by atoms with Gasteiger partial charge in [-0.15, -0.1) is 0 Å². The van der Waals surface area contributed by atoms with Crippen molar-refractivity contribution in [2.24, 2.45) is 0 Å². The van der Waals surface area contributed by atoms with Crippen LogP contribution >= 0.6 is 12.2 Å². The van der Waals surface area contributed by atoms with E-state index in [1.165, 1.54) is 5.56 Å². The van der Waals surface area contributed by atoms with Crippen molar-refractivity contribution in [2.75, 3.05) is 29.6 Å². The average Bonchev–Trinajstić information content (AvgIpc) is 2.80. The third-order valence-corrected chi connectivity index (χ3v) is 6.74. The number of hydrogen-bond donors (Lipinski definition) is 3. The molecule has 0 aliphatic heterocycles. The average molecular weight is 511 g/mol. The lowest BCUT2D eigenvalue weighted by atomic mass is 9.91. The molecular weight excluding hydrogens is 480 g/mol. The molecule has 0 spiro atoms. The summed E-state index contributed by atoms with van der Waals surface area (Å²) < 4.78 is 52.8.